The summed E-state index contributed by atoms with van der Waals surface area (Å²) >= 11 is 7.72. The molecule has 1 aromatic heterocycles. The molecule has 0 radical (unpaired) electrons. The molecule has 4 rings (SSSR count). The van der Waals surface area contributed by atoms with E-state index in [0.29, 0.717) is 10.7 Å². The van der Waals surface area contributed by atoms with Gasteiger partial charge in [0.1, 0.15) is 0 Å². The number of thiophene rings is 1. The highest BCUT2D eigenvalue weighted by Gasteiger charge is 2.20. The van der Waals surface area contributed by atoms with Gasteiger partial charge in [-0.2, -0.15) is 0 Å². The Morgan fingerprint density at radius 2 is 2.00 bits per heavy atom. The first-order chi connectivity index (χ1) is 12.1. The number of hydrogen-bond donors (Lipinski definition) is 1. The first-order valence-electron chi connectivity index (χ1n) is 7.92. The predicted octanol–water partition coefficient (Wildman–Crippen LogP) is 5.84. The summed E-state index contributed by atoms with van der Waals surface area (Å²) in [5.74, 6) is -0.0797. The molecule has 0 unspecified atom stereocenters. The van der Waals surface area contributed by atoms with E-state index in [-0.39, 0.29) is 12.3 Å². The van der Waals surface area contributed by atoms with E-state index < -0.39 is 0 Å². The number of hydrogen-bond acceptors (Lipinski definition) is 3. The van der Waals surface area contributed by atoms with Gasteiger partial charge in [-0.25, -0.2) is 4.99 Å². The Bertz CT molecular complexity index is 1010. The van der Waals surface area contributed by atoms with Crippen molar-refractivity contribution in [2.24, 2.45) is 4.99 Å². The van der Waals surface area contributed by atoms with Crippen molar-refractivity contribution in [3.63, 3.8) is 0 Å². The fraction of sp³-hybridized carbons (Fsp3) is 0.100. The average Bonchev–Trinajstić information content (AvgIpc) is 2.94. The van der Waals surface area contributed by atoms with E-state index in [9.17, 15) is 4.79 Å². The summed E-state index contributed by atoms with van der Waals surface area (Å²) in [5.41, 5.74) is 5.59. The molecule has 5 heteroatoms. The zero-order valence-corrected chi connectivity index (χ0v) is 15.1. The Labute approximate surface area is 155 Å². The van der Waals surface area contributed by atoms with E-state index >= 15 is 0 Å². The van der Waals surface area contributed by atoms with Crippen LogP contribution in [0.5, 0.6) is 0 Å². The van der Waals surface area contributed by atoms with Crippen molar-refractivity contribution in [2.75, 3.05) is 5.32 Å². The van der Waals surface area contributed by atoms with E-state index in [2.05, 4.69) is 24.4 Å². The monoisotopic (exact) mass is 366 g/mol. The van der Waals surface area contributed by atoms with Crippen LogP contribution < -0.4 is 5.32 Å². The number of fused-ring (bicyclic) bond motifs is 1. The van der Waals surface area contributed by atoms with Crippen LogP contribution >= 0.6 is 22.9 Å². The minimum absolute atomic E-state index is 0.0797. The number of halogens is 1. The Morgan fingerprint density at radius 1 is 1.16 bits per heavy atom. The highest BCUT2D eigenvalue weighted by Crippen LogP contribution is 2.36. The maximum absolute atomic E-state index is 12.3. The SMILES string of the molecule is Cc1ccccc1-c1ccc2c(c1)NC(=O)CC(c1sccc1Cl)=N2. The quantitative estimate of drug-likeness (QED) is 0.608. The number of carbonyl (C=O) groups is 1. The van der Waals surface area contributed by atoms with Crippen LogP contribution in [0.1, 0.15) is 16.9 Å². The molecule has 2 aromatic carbocycles. The van der Waals surface area contributed by atoms with Gasteiger partial charge >= 0.3 is 0 Å². The minimum Gasteiger partial charge on any atom is -0.324 e. The lowest BCUT2D eigenvalue weighted by atomic mass is 10.00. The molecule has 1 aliphatic rings. The Morgan fingerprint density at radius 3 is 2.76 bits per heavy atom. The molecule has 3 nitrogen and oxygen atoms in total. The van der Waals surface area contributed by atoms with Gasteiger partial charge in [0.2, 0.25) is 5.91 Å². The van der Waals surface area contributed by atoms with Crippen molar-refractivity contribution in [2.45, 2.75) is 13.3 Å². The third-order valence-corrected chi connectivity index (χ3v) is 5.58. The van der Waals surface area contributed by atoms with Crippen LogP contribution in [-0.2, 0) is 4.79 Å². The van der Waals surface area contributed by atoms with Crippen molar-refractivity contribution in [1.82, 2.24) is 0 Å². The van der Waals surface area contributed by atoms with Crippen LogP contribution in [-0.4, -0.2) is 11.6 Å². The third kappa shape index (κ3) is 3.11. The summed E-state index contributed by atoms with van der Waals surface area (Å²) in [4.78, 5) is 17.9. The molecule has 3 aromatic rings. The van der Waals surface area contributed by atoms with E-state index in [1.54, 1.807) is 0 Å². The van der Waals surface area contributed by atoms with Crippen molar-refractivity contribution < 1.29 is 4.79 Å². The van der Waals surface area contributed by atoms with Gasteiger partial charge in [-0.3, -0.25) is 4.79 Å². The van der Waals surface area contributed by atoms with Crippen LogP contribution in [0.3, 0.4) is 0 Å². The number of benzene rings is 2. The molecule has 1 N–H and O–H groups in total. The summed E-state index contributed by atoms with van der Waals surface area (Å²) < 4.78 is 0. The molecule has 2 heterocycles. The van der Waals surface area contributed by atoms with Gasteiger partial charge in [0.05, 0.1) is 33.4 Å². The number of amides is 1. The first kappa shape index (κ1) is 16.1. The second kappa shape index (κ2) is 6.47. The zero-order valence-electron chi connectivity index (χ0n) is 13.5. The molecule has 1 aliphatic heterocycles. The predicted molar refractivity (Wildman–Crippen MR) is 105 cm³/mol. The lowest BCUT2D eigenvalue weighted by Gasteiger charge is -2.10. The van der Waals surface area contributed by atoms with Gasteiger partial charge in [0.15, 0.2) is 0 Å². The Hall–Kier alpha value is -2.43. The van der Waals surface area contributed by atoms with Gasteiger partial charge in [-0.1, -0.05) is 41.9 Å². The smallest absolute Gasteiger partial charge is 0.230 e. The van der Waals surface area contributed by atoms with E-state index in [0.717, 1.165) is 27.4 Å². The molecular weight excluding hydrogens is 352 g/mol. The van der Waals surface area contributed by atoms with Gasteiger partial charge in [0, 0.05) is 0 Å². The second-order valence-electron chi connectivity index (χ2n) is 5.93. The number of anilines is 1. The normalized spacial score (nSPS) is 13.7. The number of nitrogens with one attached hydrogen (secondary N) is 1. The molecule has 1 amide bonds. The number of carbonyl (C=O) groups excluding carboxylic acids is 1. The van der Waals surface area contributed by atoms with E-state index in [4.69, 9.17) is 16.6 Å². The summed E-state index contributed by atoms with van der Waals surface area (Å²) in [7, 11) is 0. The number of nitrogens with zero attached hydrogens (tertiary/aromatic N) is 1. The fourth-order valence-electron chi connectivity index (χ4n) is 2.96. The second-order valence-corrected chi connectivity index (χ2v) is 7.25. The average molecular weight is 367 g/mol. The van der Waals surface area contributed by atoms with Crippen molar-refractivity contribution in [3.8, 4) is 11.1 Å². The molecule has 0 aliphatic carbocycles. The maximum atomic E-state index is 12.3. The van der Waals surface area contributed by atoms with Crippen molar-refractivity contribution in [1.29, 1.82) is 0 Å². The lowest BCUT2D eigenvalue weighted by molar-refractivity contribution is -0.115. The molecule has 0 bridgehead atoms. The number of aryl methyl sites for hydroxylation is 1. The summed E-state index contributed by atoms with van der Waals surface area (Å²) in [6, 6.07) is 16.0. The molecule has 0 saturated carbocycles. The van der Waals surface area contributed by atoms with Crippen LogP contribution in [0.25, 0.3) is 11.1 Å². The topological polar surface area (TPSA) is 41.5 Å². The number of aliphatic imine (C=N–C) groups is 1. The zero-order chi connectivity index (χ0) is 17.4. The molecule has 25 heavy (non-hydrogen) atoms. The van der Waals surface area contributed by atoms with Crippen LogP contribution in [0.4, 0.5) is 11.4 Å². The molecular formula is C20H15ClN2OS. The van der Waals surface area contributed by atoms with Gasteiger partial charge < -0.3 is 5.32 Å². The van der Waals surface area contributed by atoms with Crippen LogP contribution in [0.2, 0.25) is 5.02 Å². The Balaban J connectivity index is 1.81. The first-order valence-corrected chi connectivity index (χ1v) is 9.18. The number of rotatable bonds is 2. The molecule has 0 atom stereocenters. The Kier molecular flexibility index (Phi) is 4.15. The van der Waals surface area contributed by atoms with Gasteiger partial charge in [-0.05, 0) is 47.2 Å². The molecule has 124 valence electrons. The third-order valence-electron chi connectivity index (χ3n) is 4.19. The van der Waals surface area contributed by atoms with Gasteiger partial charge in [0.25, 0.3) is 0 Å². The summed E-state index contributed by atoms with van der Waals surface area (Å²) in [6.45, 7) is 2.08. The summed E-state index contributed by atoms with van der Waals surface area (Å²) in [5, 5.41) is 5.52. The van der Waals surface area contributed by atoms with E-state index in [1.165, 1.54) is 16.9 Å². The van der Waals surface area contributed by atoms with E-state index in [1.807, 2.05) is 41.8 Å². The van der Waals surface area contributed by atoms with Crippen molar-refractivity contribution >= 4 is 45.9 Å². The molecule has 0 saturated heterocycles. The molecule has 0 spiro atoms. The highest BCUT2D eigenvalue weighted by molar-refractivity contribution is 7.13. The fourth-order valence-corrected chi connectivity index (χ4v) is 4.12. The standard InChI is InChI=1S/C20H15ClN2OS/c1-12-4-2-3-5-14(12)13-6-7-16-17(10-13)23-19(24)11-18(22-16)20-15(21)8-9-25-20/h2-10H,11H2,1H3,(H,23,24). The van der Waals surface area contributed by atoms with Crippen LogP contribution in [0, 0.1) is 6.92 Å². The lowest BCUT2D eigenvalue weighted by Crippen LogP contribution is -2.14. The van der Waals surface area contributed by atoms with Gasteiger partial charge in [-0.15, -0.1) is 11.3 Å². The van der Waals surface area contributed by atoms with Crippen LogP contribution in [0.15, 0.2) is 58.9 Å². The van der Waals surface area contributed by atoms with Crippen molar-refractivity contribution in [3.05, 3.63) is 69.4 Å². The summed E-state index contributed by atoms with van der Waals surface area (Å²) in [6.07, 6.45) is 0.217. The molecule has 0 fully saturated rings. The highest BCUT2D eigenvalue weighted by atomic mass is 35.5. The largest absolute Gasteiger partial charge is 0.324 e. The maximum Gasteiger partial charge on any atom is 0.230 e. The minimum atomic E-state index is -0.0797.